The summed E-state index contributed by atoms with van der Waals surface area (Å²) < 4.78 is 0. The second-order valence-corrected chi connectivity index (χ2v) is 3.93. The van der Waals surface area contributed by atoms with Crippen molar-refractivity contribution in [2.45, 2.75) is 13.3 Å². The highest BCUT2D eigenvalue weighted by atomic mass is 16.7. The first kappa shape index (κ1) is 12.7. The summed E-state index contributed by atoms with van der Waals surface area (Å²) in [7, 11) is 0. The van der Waals surface area contributed by atoms with E-state index in [4.69, 9.17) is 0 Å². The number of hydrazine groups is 1. The maximum absolute atomic E-state index is 11.7. The van der Waals surface area contributed by atoms with Crippen LogP contribution in [0.15, 0.2) is 29.3 Å². The largest absolute Gasteiger partial charge is 0.328 e. The third-order valence-corrected chi connectivity index (χ3v) is 2.44. The molecule has 0 fully saturated rings. The Labute approximate surface area is 107 Å². The normalized spacial score (nSPS) is 10.2. The zero-order valence-electron chi connectivity index (χ0n) is 10.1. The first-order valence-electron chi connectivity index (χ1n) is 5.46. The summed E-state index contributed by atoms with van der Waals surface area (Å²) in [6.45, 7) is 1.87. The van der Waals surface area contributed by atoms with Gasteiger partial charge in [0.1, 0.15) is 0 Å². The van der Waals surface area contributed by atoms with Crippen molar-refractivity contribution in [2.75, 3.05) is 5.43 Å². The predicted octanol–water partition coefficient (Wildman–Crippen LogP) is 0.668. The molecule has 19 heavy (non-hydrogen) atoms. The van der Waals surface area contributed by atoms with Gasteiger partial charge in [0.15, 0.2) is 5.03 Å². The zero-order valence-corrected chi connectivity index (χ0v) is 10.1. The van der Waals surface area contributed by atoms with Gasteiger partial charge < -0.3 is 4.98 Å². The number of pyridine rings is 1. The molecule has 0 radical (unpaired) electrons. The van der Waals surface area contributed by atoms with Crippen LogP contribution in [0.3, 0.4) is 0 Å². The van der Waals surface area contributed by atoms with Gasteiger partial charge in [-0.25, -0.2) is 10.1 Å². The van der Waals surface area contributed by atoms with Crippen LogP contribution in [0, 0.1) is 17.0 Å². The maximum atomic E-state index is 11.7. The van der Waals surface area contributed by atoms with Gasteiger partial charge in [-0.15, -0.1) is 0 Å². The maximum Gasteiger partial charge on any atom is 0.278 e. The van der Waals surface area contributed by atoms with Crippen molar-refractivity contribution in [3.8, 4) is 0 Å². The molecule has 0 saturated carbocycles. The van der Waals surface area contributed by atoms with Crippen LogP contribution in [-0.4, -0.2) is 20.0 Å². The Morgan fingerprint density at radius 2 is 2.26 bits per heavy atom. The lowest BCUT2D eigenvalue weighted by Crippen LogP contribution is -2.19. The van der Waals surface area contributed by atoms with Crippen LogP contribution in [0.1, 0.15) is 16.8 Å². The zero-order chi connectivity index (χ0) is 13.8. The number of H-pyrrole nitrogens is 1. The van der Waals surface area contributed by atoms with Crippen LogP contribution in [0.4, 0.5) is 5.95 Å². The average molecular weight is 261 g/mol. The number of anilines is 1. The fourth-order valence-electron chi connectivity index (χ4n) is 1.52. The Balaban J connectivity index is 2.19. The quantitative estimate of drug-likeness (QED) is 0.617. The second kappa shape index (κ2) is 5.25. The van der Waals surface area contributed by atoms with Crippen LogP contribution in [0.2, 0.25) is 0 Å². The van der Waals surface area contributed by atoms with Crippen LogP contribution >= 0.6 is 0 Å². The molecule has 98 valence electrons. The number of nitrogens with one attached hydrogen (secondary N) is 2. The van der Waals surface area contributed by atoms with Gasteiger partial charge in [0.25, 0.3) is 11.5 Å². The Hall–Kier alpha value is -2.77. The van der Waals surface area contributed by atoms with Crippen LogP contribution in [0.5, 0.6) is 0 Å². The second-order valence-electron chi connectivity index (χ2n) is 3.93. The molecule has 2 aromatic heterocycles. The first-order valence-corrected chi connectivity index (χ1v) is 5.46. The molecule has 8 heteroatoms. The third kappa shape index (κ3) is 3.35. The van der Waals surface area contributed by atoms with Gasteiger partial charge in [-0.3, -0.25) is 9.78 Å². The van der Waals surface area contributed by atoms with Crippen LogP contribution < -0.4 is 11.0 Å². The Morgan fingerprint density at radius 1 is 1.47 bits per heavy atom. The number of aryl methyl sites for hydroxylation is 1. The van der Waals surface area contributed by atoms with Crippen molar-refractivity contribution in [1.29, 1.82) is 0 Å². The fourth-order valence-corrected chi connectivity index (χ4v) is 1.52. The SMILES string of the molecule is Cc1ccc(Cc2c[nH]c(N[N+](=O)[O-])nc2=O)cn1. The Kier molecular flexibility index (Phi) is 3.51. The van der Waals surface area contributed by atoms with E-state index in [2.05, 4.69) is 15.0 Å². The lowest BCUT2D eigenvalue weighted by molar-refractivity contribution is -0.446. The van der Waals surface area contributed by atoms with Gasteiger partial charge in [0, 0.05) is 30.1 Å². The van der Waals surface area contributed by atoms with E-state index in [-0.39, 0.29) is 5.95 Å². The smallest absolute Gasteiger partial charge is 0.278 e. The average Bonchev–Trinajstić information content (AvgIpc) is 2.34. The minimum absolute atomic E-state index is 0.194. The van der Waals surface area contributed by atoms with E-state index in [1.165, 1.54) is 6.20 Å². The van der Waals surface area contributed by atoms with Crippen molar-refractivity contribution in [1.82, 2.24) is 15.0 Å². The first-order chi connectivity index (χ1) is 9.04. The minimum Gasteiger partial charge on any atom is -0.328 e. The van der Waals surface area contributed by atoms with Gasteiger partial charge in [0.05, 0.1) is 0 Å². The van der Waals surface area contributed by atoms with Crippen molar-refractivity contribution in [3.05, 3.63) is 61.8 Å². The highest BCUT2D eigenvalue weighted by Crippen LogP contribution is 2.05. The third-order valence-electron chi connectivity index (χ3n) is 2.44. The molecule has 0 aliphatic heterocycles. The lowest BCUT2D eigenvalue weighted by Gasteiger charge is -2.02. The number of nitro groups is 1. The molecular formula is C11H11N5O3. The van der Waals surface area contributed by atoms with Crippen LogP contribution in [0.25, 0.3) is 0 Å². The molecular weight excluding hydrogens is 250 g/mol. The minimum atomic E-state index is -0.790. The molecule has 0 atom stereocenters. The molecule has 0 bridgehead atoms. The highest BCUT2D eigenvalue weighted by molar-refractivity contribution is 5.25. The van der Waals surface area contributed by atoms with E-state index in [0.29, 0.717) is 12.0 Å². The predicted molar refractivity (Wildman–Crippen MR) is 67.3 cm³/mol. The standard InChI is InChI=1S/C11H11N5O3/c1-7-2-3-8(5-12-7)4-9-6-13-11(14-10(9)17)15-16(18)19/h2-3,5-6H,4H2,1H3,(H2,13,14,15,17). The summed E-state index contributed by atoms with van der Waals surface area (Å²) in [5.74, 6) is -0.194. The molecule has 0 spiro atoms. The number of aromatic nitrogens is 3. The topological polar surface area (TPSA) is 114 Å². The van der Waals surface area contributed by atoms with Crippen molar-refractivity contribution >= 4 is 5.95 Å². The summed E-state index contributed by atoms with van der Waals surface area (Å²) in [6.07, 6.45) is 3.45. The van der Waals surface area contributed by atoms with E-state index < -0.39 is 10.6 Å². The molecule has 0 unspecified atom stereocenters. The fraction of sp³-hybridized carbons (Fsp3) is 0.182. The summed E-state index contributed by atoms with van der Waals surface area (Å²) in [5, 5.41) is 9.42. The van der Waals surface area contributed by atoms with Crippen molar-refractivity contribution in [3.63, 3.8) is 0 Å². The number of rotatable bonds is 4. The lowest BCUT2D eigenvalue weighted by atomic mass is 10.1. The summed E-state index contributed by atoms with van der Waals surface area (Å²) in [6, 6.07) is 3.71. The molecule has 2 rings (SSSR count). The monoisotopic (exact) mass is 261 g/mol. The van der Waals surface area contributed by atoms with E-state index in [1.54, 1.807) is 11.6 Å². The Bertz CT molecular complexity index is 650. The molecule has 0 aliphatic carbocycles. The molecule has 2 heterocycles. The van der Waals surface area contributed by atoms with E-state index in [9.17, 15) is 14.9 Å². The van der Waals surface area contributed by atoms with Gasteiger partial charge in [-0.2, -0.15) is 4.98 Å². The summed E-state index contributed by atoms with van der Waals surface area (Å²) in [4.78, 5) is 32.1. The van der Waals surface area contributed by atoms with Gasteiger partial charge in [0.2, 0.25) is 0 Å². The van der Waals surface area contributed by atoms with Gasteiger partial charge >= 0.3 is 0 Å². The van der Waals surface area contributed by atoms with E-state index in [0.717, 1.165) is 11.3 Å². The molecule has 2 aromatic rings. The molecule has 0 aromatic carbocycles. The summed E-state index contributed by atoms with van der Waals surface area (Å²) >= 11 is 0. The molecule has 0 saturated heterocycles. The highest BCUT2D eigenvalue weighted by Gasteiger charge is 2.07. The molecule has 0 amide bonds. The van der Waals surface area contributed by atoms with Gasteiger partial charge in [-0.1, -0.05) is 11.5 Å². The van der Waals surface area contributed by atoms with E-state index in [1.807, 2.05) is 19.1 Å². The van der Waals surface area contributed by atoms with Gasteiger partial charge in [-0.05, 0) is 18.6 Å². The summed E-state index contributed by atoms with van der Waals surface area (Å²) in [5.41, 5.74) is 3.45. The number of nitrogens with zero attached hydrogens (tertiary/aromatic N) is 3. The van der Waals surface area contributed by atoms with Crippen LogP contribution in [-0.2, 0) is 6.42 Å². The van der Waals surface area contributed by atoms with Crippen molar-refractivity contribution in [2.24, 2.45) is 0 Å². The van der Waals surface area contributed by atoms with Crippen molar-refractivity contribution < 1.29 is 5.03 Å². The number of hydrogen-bond acceptors (Lipinski definition) is 5. The Morgan fingerprint density at radius 3 is 2.84 bits per heavy atom. The molecule has 2 N–H and O–H groups in total. The molecule has 0 aliphatic rings. The number of aromatic amines is 1. The molecule has 8 nitrogen and oxygen atoms in total. The van der Waals surface area contributed by atoms with E-state index >= 15 is 0 Å². The number of hydrogen-bond donors (Lipinski definition) is 2.